The number of fused-ring (bicyclic) bond motifs is 1. The fourth-order valence-corrected chi connectivity index (χ4v) is 3.94. The van der Waals surface area contributed by atoms with Gasteiger partial charge in [-0.15, -0.1) is 0 Å². The van der Waals surface area contributed by atoms with E-state index in [0.29, 0.717) is 19.7 Å². The van der Waals surface area contributed by atoms with Crippen molar-refractivity contribution in [3.05, 3.63) is 36.2 Å². The van der Waals surface area contributed by atoms with Crippen LogP contribution in [0.5, 0.6) is 5.75 Å². The Kier molecular flexibility index (Phi) is 4.27. The van der Waals surface area contributed by atoms with E-state index in [1.165, 1.54) is 6.20 Å². The van der Waals surface area contributed by atoms with E-state index in [9.17, 15) is 4.79 Å². The van der Waals surface area contributed by atoms with Crippen molar-refractivity contribution in [2.24, 2.45) is 0 Å². The van der Waals surface area contributed by atoms with Crippen molar-refractivity contribution in [1.29, 1.82) is 0 Å². The first-order chi connectivity index (χ1) is 12.3. The van der Waals surface area contributed by atoms with E-state index in [-0.39, 0.29) is 11.7 Å². The van der Waals surface area contributed by atoms with Crippen molar-refractivity contribution < 1.29 is 14.1 Å². The standard InChI is InChI=1S/C17H18N4O3S/c1-2-23-12-4-3-5-14-15(12)19-17(25-14)21-10-8-20(9-11-21)16(22)13-6-7-18-24-13/h3-7H,2,8-11H2,1H3. The first kappa shape index (κ1) is 15.9. The van der Waals surface area contributed by atoms with Crippen molar-refractivity contribution >= 4 is 32.6 Å². The number of benzene rings is 1. The van der Waals surface area contributed by atoms with Crippen LogP contribution in [0.25, 0.3) is 10.2 Å². The lowest BCUT2D eigenvalue weighted by Crippen LogP contribution is -2.48. The van der Waals surface area contributed by atoms with Crippen LogP contribution in [-0.4, -0.2) is 53.7 Å². The first-order valence-corrected chi connectivity index (χ1v) is 9.05. The molecule has 0 atom stereocenters. The van der Waals surface area contributed by atoms with E-state index in [4.69, 9.17) is 14.2 Å². The van der Waals surface area contributed by atoms with Crippen molar-refractivity contribution in [2.45, 2.75) is 6.92 Å². The molecule has 3 aromatic rings. The van der Waals surface area contributed by atoms with Gasteiger partial charge in [-0.2, -0.15) is 0 Å². The van der Waals surface area contributed by atoms with Gasteiger partial charge in [-0.05, 0) is 19.1 Å². The zero-order valence-electron chi connectivity index (χ0n) is 13.8. The Balaban J connectivity index is 1.48. The van der Waals surface area contributed by atoms with Gasteiger partial charge in [0, 0.05) is 32.2 Å². The van der Waals surface area contributed by atoms with Crippen LogP contribution in [0.2, 0.25) is 0 Å². The van der Waals surface area contributed by atoms with Gasteiger partial charge < -0.3 is 19.1 Å². The summed E-state index contributed by atoms with van der Waals surface area (Å²) in [5.74, 6) is 0.997. The largest absolute Gasteiger partial charge is 0.492 e. The Morgan fingerprint density at radius 2 is 2.12 bits per heavy atom. The van der Waals surface area contributed by atoms with E-state index in [0.717, 1.165) is 34.2 Å². The number of para-hydroxylation sites is 1. The molecule has 0 radical (unpaired) electrons. The number of aromatic nitrogens is 2. The van der Waals surface area contributed by atoms with Gasteiger partial charge in [-0.1, -0.05) is 22.6 Å². The number of carbonyl (C=O) groups is 1. The van der Waals surface area contributed by atoms with Crippen LogP contribution < -0.4 is 9.64 Å². The number of anilines is 1. The third-order valence-corrected chi connectivity index (χ3v) is 5.24. The summed E-state index contributed by atoms with van der Waals surface area (Å²) in [6.07, 6.45) is 1.49. The Morgan fingerprint density at radius 1 is 1.28 bits per heavy atom. The second kappa shape index (κ2) is 6.72. The Hall–Kier alpha value is -2.61. The average Bonchev–Trinajstić information content (AvgIpc) is 3.32. The first-order valence-electron chi connectivity index (χ1n) is 8.23. The molecule has 0 N–H and O–H groups in total. The molecule has 25 heavy (non-hydrogen) atoms. The van der Waals surface area contributed by atoms with Crippen LogP contribution in [0, 0.1) is 0 Å². The number of hydrogen-bond donors (Lipinski definition) is 0. The lowest BCUT2D eigenvalue weighted by molar-refractivity contribution is 0.0705. The summed E-state index contributed by atoms with van der Waals surface area (Å²) < 4.78 is 11.7. The fraction of sp³-hybridized carbons (Fsp3) is 0.353. The molecule has 1 aromatic carbocycles. The van der Waals surface area contributed by atoms with Gasteiger partial charge in [-0.3, -0.25) is 4.79 Å². The highest BCUT2D eigenvalue weighted by Gasteiger charge is 2.25. The van der Waals surface area contributed by atoms with Gasteiger partial charge in [0.25, 0.3) is 5.91 Å². The molecule has 1 aliphatic rings. The molecule has 1 amide bonds. The Bertz CT molecular complexity index is 869. The summed E-state index contributed by atoms with van der Waals surface area (Å²) in [6, 6.07) is 7.59. The van der Waals surface area contributed by atoms with Gasteiger partial charge in [0.2, 0.25) is 5.76 Å². The number of piperazine rings is 1. The van der Waals surface area contributed by atoms with Crippen LogP contribution in [0.1, 0.15) is 17.5 Å². The van der Waals surface area contributed by atoms with E-state index in [2.05, 4.69) is 16.1 Å². The zero-order valence-corrected chi connectivity index (χ0v) is 14.7. The van der Waals surface area contributed by atoms with Crippen molar-refractivity contribution in [3.63, 3.8) is 0 Å². The molecule has 0 spiro atoms. The van der Waals surface area contributed by atoms with Gasteiger partial charge in [0.05, 0.1) is 17.5 Å². The van der Waals surface area contributed by atoms with Gasteiger partial charge >= 0.3 is 0 Å². The molecule has 7 nitrogen and oxygen atoms in total. The number of amides is 1. The fourth-order valence-electron chi connectivity index (χ4n) is 2.90. The quantitative estimate of drug-likeness (QED) is 0.714. The summed E-state index contributed by atoms with van der Waals surface area (Å²) in [7, 11) is 0. The predicted molar refractivity (Wildman–Crippen MR) is 95.4 cm³/mol. The van der Waals surface area contributed by atoms with Crippen LogP contribution in [-0.2, 0) is 0 Å². The molecule has 0 bridgehead atoms. The van der Waals surface area contributed by atoms with Gasteiger partial charge in [0.15, 0.2) is 5.13 Å². The van der Waals surface area contributed by atoms with Crippen LogP contribution in [0.15, 0.2) is 35.0 Å². The molecule has 1 fully saturated rings. The molecule has 4 rings (SSSR count). The van der Waals surface area contributed by atoms with Crippen molar-refractivity contribution in [3.8, 4) is 5.75 Å². The predicted octanol–water partition coefficient (Wildman–Crippen LogP) is 2.65. The molecule has 2 aromatic heterocycles. The lowest BCUT2D eigenvalue weighted by atomic mass is 10.3. The second-order valence-corrected chi connectivity index (χ2v) is 6.70. The smallest absolute Gasteiger partial charge is 0.292 e. The minimum atomic E-state index is -0.111. The molecule has 3 heterocycles. The van der Waals surface area contributed by atoms with E-state index in [1.807, 2.05) is 19.1 Å². The van der Waals surface area contributed by atoms with Crippen molar-refractivity contribution in [1.82, 2.24) is 15.0 Å². The normalized spacial score (nSPS) is 14.9. The maximum Gasteiger partial charge on any atom is 0.292 e. The minimum absolute atomic E-state index is 0.111. The summed E-state index contributed by atoms with van der Waals surface area (Å²) in [5.41, 5.74) is 0.907. The third kappa shape index (κ3) is 3.05. The molecule has 0 unspecified atom stereocenters. The maximum atomic E-state index is 12.3. The number of thiazole rings is 1. The summed E-state index contributed by atoms with van der Waals surface area (Å²) in [5, 5.41) is 4.56. The van der Waals surface area contributed by atoms with Crippen molar-refractivity contribution in [2.75, 3.05) is 37.7 Å². The molecule has 130 valence electrons. The van der Waals surface area contributed by atoms with Crippen LogP contribution >= 0.6 is 11.3 Å². The monoisotopic (exact) mass is 358 g/mol. The van der Waals surface area contributed by atoms with Crippen LogP contribution in [0.4, 0.5) is 5.13 Å². The SMILES string of the molecule is CCOc1cccc2sc(N3CCN(C(=O)c4ccno4)CC3)nc12. The minimum Gasteiger partial charge on any atom is -0.492 e. The van der Waals surface area contributed by atoms with Gasteiger partial charge in [-0.25, -0.2) is 4.98 Å². The topological polar surface area (TPSA) is 71.7 Å². The van der Waals surface area contributed by atoms with E-state index in [1.54, 1.807) is 22.3 Å². The summed E-state index contributed by atoms with van der Waals surface area (Å²) >= 11 is 1.65. The molecule has 1 aliphatic heterocycles. The number of rotatable bonds is 4. The highest BCUT2D eigenvalue weighted by molar-refractivity contribution is 7.22. The van der Waals surface area contributed by atoms with E-state index >= 15 is 0 Å². The molecule has 1 saturated heterocycles. The summed E-state index contributed by atoms with van der Waals surface area (Å²) in [4.78, 5) is 21.1. The second-order valence-electron chi connectivity index (χ2n) is 5.69. The number of carbonyl (C=O) groups excluding carboxylic acids is 1. The number of hydrogen-bond acceptors (Lipinski definition) is 7. The average molecular weight is 358 g/mol. The van der Waals surface area contributed by atoms with Gasteiger partial charge in [0.1, 0.15) is 11.3 Å². The molecule has 8 heteroatoms. The molecular weight excluding hydrogens is 340 g/mol. The highest BCUT2D eigenvalue weighted by atomic mass is 32.1. The highest BCUT2D eigenvalue weighted by Crippen LogP contribution is 2.34. The number of ether oxygens (including phenoxy) is 1. The third-order valence-electron chi connectivity index (χ3n) is 4.16. The Morgan fingerprint density at radius 3 is 2.84 bits per heavy atom. The maximum absolute atomic E-state index is 12.3. The Labute approximate surface area is 148 Å². The zero-order chi connectivity index (χ0) is 17.2. The molecule has 0 saturated carbocycles. The van der Waals surface area contributed by atoms with E-state index < -0.39 is 0 Å². The van der Waals surface area contributed by atoms with Crippen LogP contribution in [0.3, 0.4) is 0 Å². The molecular formula is C17H18N4O3S. The molecule has 0 aliphatic carbocycles. The number of nitrogens with zero attached hydrogens (tertiary/aromatic N) is 4. The summed E-state index contributed by atoms with van der Waals surface area (Å²) in [6.45, 7) is 5.33. The lowest BCUT2D eigenvalue weighted by Gasteiger charge is -2.33.